The predicted octanol–water partition coefficient (Wildman–Crippen LogP) is 2.21. The molecule has 0 saturated heterocycles. The van der Waals surface area contributed by atoms with Crippen molar-refractivity contribution >= 4 is 22.4 Å². The molecule has 2 N–H and O–H groups in total. The maximum Gasteiger partial charge on any atom is 0.319 e. The summed E-state index contributed by atoms with van der Waals surface area (Å²) in [5, 5.41) is 8.33. The van der Waals surface area contributed by atoms with E-state index in [1.54, 1.807) is 7.11 Å². The quantitative estimate of drug-likeness (QED) is 0.830. The highest BCUT2D eigenvalue weighted by molar-refractivity contribution is 7.14. The van der Waals surface area contributed by atoms with Gasteiger partial charge in [-0.25, -0.2) is 4.79 Å². The molecule has 1 atom stereocenters. The Morgan fingerprint density at radius 1 is 1.67 bits per heavy atom. The Labute approximate surface area is 93.6 Å². The molecule has 0 bridgehead atoms. The van der Waals surface area contributed by atoms with E-state index >= 15 is 0 Å². The summed E-state index contributed by atoms with van der Waals surface area (Å²) in [7, 11) is 1.62. The minimum Gasteiger partial charge on any atom is -0.380 e. The predicted molar refractivity (Wildman–Crippen MR) is 62.5 cm³/mol. The van der Waals surface area contributed by atoms with Crippen molar-refractivity contribution in [1.82, 2.24) is 5.32 Å². The number of urea groups is 1. The fourth-order valence-corrected chi connectivity index (χ4v) is 1.76. The molecule has 4 nitrogen and oxygen atoms in total. The van der Waals surface area contributed by atoms with Gasteiger partial charge in [0.1, 0.15) is 0 Å². The average Bonchev–Trinajstić information content (AvgIpc) is 2.60. The molecule has 1 aromatic heterocycles. The molecule has 0 aliphatic heterocycles. The number of hydrogen-bond donors (Lipinski definition) is 2. The van der Waals surface area contributed by atoms with Gasteiger partial charge in [0.25, 0.3) is 0 Å². The van der Waals surface area contributed by atoms with Crippen molar-refractivity contribution in [3.63, 3.8) is 0 Å². The smallest absolute Gasteiger partial charge is 0.319 e. The molecule has 5 heteroatoms. The van der Waals surface area contributed by atoms with Crippen molar-refractivity contribution in [3.05, 3.63) is 17.0 Å². The van der Waals surface area contributed by atoms with Crippen molar-refractivity contribution in [1.29, 1.82) is 0 Å². The second-order valence-corrected chi connectivity index (χ2v) is 4.28. The van der Waals surface area contributed by atoms with Gasteiger partial charge in [-0.15, -0.1) is 11.3 Å². The van der Waals surface area contributed by atoms with Crippen molar-refractivity contribution in [2.45, 2.75) is 20.0 Å². The van der Waals surface area contributed by atoms with E-state index in [0.717, 1.165) is 10.6 Å². The summed E-state index contributed by atoms with van der Waals surface area (Å²) in [4.78, 5) is 11.4. The van der Waals surface area contributed by atoms with Gasteiger partial charge in [0.2, 0.25) is 0 Å². The van der Waals surface area contributed by atoms with E-state index in [2.05, 4.69) is 10.6 Å². The normalized spacial score (nSPS) is 12.2. The number of aryl methyl sites for hydroxylation is 1. The molecule has 1 aromatic rings. The first-order chi connectivity index (χ1) is 7.11. The number of nitrogens with one attached hydrogen (secondary N) is 2. The minimum atomic E-state index is -0.194. The van der Waals surface area contributed by atoms with Crippen LogP contribution >= 0.6 is 11.3 Å². The van der Waals surface area contributed by atoms with Gasteiger partial charge in [-0.3, -0.25) is 5.32 Å². The topological polar surface area (TPSA) is 50.4 Å². The maximum absolute atomic E-state index is 11.4. The first kappa shape index (κ1) is 12.0. The molecule has 0 aliphatic carbocycles. The molecule has 84 valence electrons. The number of rotatable bonds is 4. The van der Waals surface area contributed by atoms with Crippen LogP contribution in [-0.2, 0) is 4.74 Å². The van der Waals surface area contributed by atoms with E-state index in [9.17, 15) is 4.79 Å². The van der Waals surface area contributed by atoms with Crippen LogP contribution in [-0.4, -0.2) is 25.8 Å². The third-order valence-electron chi connectivity index (χ3n) is 1.92. The van der Waals surface area contributed by atoms with Gasteiger partial charge in [-0.05, 0) is 30.9 Å². The average molecular weight is 228 g/mol. The summed E-state index contributed by atoms with van der Waals surface area (Å²) >= 11 is 1.51. The second kappa shape index (κ2) is 5.72. The lowest BCUT2D eigenvalue weighted by Gasteiger charge is -2.10. The van der Waals surface area contributed by atoms with Crippen LogP contribution in [0, 0.1) is 6.92 Å². The Morgan fingerprint density at radius 2 is 2.40 bits per heavy atom. The van der Waals surface area contributed by atoms with Crippen LogP contribution in [0.3, 0.4) is 0 Å². The van der Waals surface area contributed by atoms with Crippen molar-refractivity contribution in [2.24, 2.45) is 0 Å². The Hall–Kier alpha value is -1.07. The van der Waals surface area contributed by atoms with Gasteiger partial charge < -0.3 is 10.1 Å². The Bertz CT molecular complexity index is 325. The highest BCUT2D eigenvalue weighted by Crippen LogP contribution is 2.18. The van der Waals surface area contributed by atoms with Crippen LogP contribution in [0.1, 0.15) is 12.5 Å². The van der Waals surface area contributed by atoms with Crippen LogP contribution in [0.5, 0.6) is 0 Å². The highest BCUT2D eigenvalue weighted by Gasteiger charge is 2.05. The Kier molecular flexibility index (Phi) is 4.58. The molecule has 0 spiro atoms. The molecule has 1 heterocycles. The van der Waals surface area contributed by atoms with Crippen molar-refractivity contribution < 1.29 is 9.53 Å². The molecule has 15 heavy (non-hydrogen) atoms. The Balaban J connectivity index is 2.30. The van der Waals surface area contributed by atoms with E-state index in [0.29, 0.717) is 6.54 Å². The molecule has 0 radical (unpaired) electrons. The molecule has 2 amide bonds. The first-order valence-corrected chi connectivity index (χ1v) is 5.62. The number of amides is 2. The van der Waals surface area contributed by atoms with E-state index in [1.165, 1.54) is 11.3 Å². The fourth-order valence-electron chi connectivity index (χ4n) is 0.973. The number of anilines is 1. The lowest BCUT2D eigenvalue weighted by atomic mass is 10.4. The van der Waals surface area contributed by atoms with E-state index < -0.39 is 0 Å². The lowest BCUT2D eigenvalue weighted by Crippen LogP contribution is -2.34. The van der Waals surface area contributed by atoms with Crippen LogP contribution < -0.4 is 10.6 Å². The minimum absolute atomic E-state index is 0.0285. The van der Waals surface area contributed by atoms with Crippen LogP contribution in [0.4, 0.5) is 9.80 Å². The van der Waals surface area contributed by atoms with Crippen molar-refractivity contribution in [3.8, 4) is 0 Å². The summed E-state index contributed by atoms with van der Waals surface area (Å²) < 4.78 is 5.01. The highest BCUT2D eigenvalue weighted by atomic mass is 32.1. The third kappa shape index (κ3) is 4.31. The molecule has 0 aliphatic rings. The summed E-state index contributed by atoms with van der Waals surface area (Å²) in [5.74, 6) is 0. The largest absolute Gasteiger partial charge is 0.380 e. The molecule has 0 fully saturated rings. The molecule has 0 saturated carbocycles. The van der Waals surface area contributed by atoms with Gasteiger partial charge in [-0.2, -0.15) is 0 Å². The number of ether oxygens (including phenoxy) is 1. The Morgan fingerprint density at radius 3 is 2.93 bits per heavy atom. The monoisotopic (exact) mass is 228 g/mol. The third-order valence-corrected chi connectivity index (χ3v) is 2.88. The van der Waals surface area contributed by atoms with Gasteiger partial charge in [0, 0.05) is 13.7 Å². The first-order valence-electron chi connectivity index (χ1n) is 4.74. The summed E-state index contributed by atoms with van der Waals surface area (Å²) in [6, 6.07) is 1.74. The summed E-state index contributed by atoms with van der Waals surface area (Å²) in [6.45, 7) is 4.40. The number of hydrogen-bond acceptors (Lipinski definition) is 3. The van der Waals surface area contributed by atoms with E-state index in [-0.39, 0.29) is 12.1 Å². The summed E-state index contributed by atoms with van der Waals surface area (Å²) in [6.07, 6.45) is 0.0285. The van der Waals surface area contributed by atoms with E-state index in [1.807, 2.05) is 25.3 Å². The van der Waals surface area contributed by atoms with Gasteiger partial charge in [-0.1, -0.05) is 0 Å². The van der Waals surface area contributed by atoms with Gasteiger partial charge in [0.05, 0.1) is 11.1 Å². The van der Waals surface area contributed by atoms with Crippen molar-refractivity contribution in [2.75, 3.05) is 19.0 Å². The molecular formula is C10H16N2O2S. The maximum atomic E-state index is 11.4. The van der Waals surface area contributed by atoms with Crippen LogP contribution in [0.2, 0.25) is 0 Å². The van der Waals surface area contributed by atoms with E-state index in [4.69, 9.17) is 4.74 Å². The second-order valence-electron chi connectivity index (χ2n) is 3.37. The lowest BCUT2D eigenvalue weighted by molar-refractivity contribution is 0.119. The van der Waals surface area contributed by atoms with Gasteiger partial charge in [0.15, 0.2) is 0 Å². The molecule has 1 rings (SSSR count). The molecule has 0 aromatic carbocycles. The number of methoxy groups -OCH3 is 1. The molecule has 1 unspecified atom stereocenters. The molecular weight excluding hydrogens is 212 g/mol. The SMILES string of the molecule is COC(C)CNC(=O)Nc1cc(C)cs1. The fraction of sp³-hybridized carbons (Fsp3) is 0.500. The number of thiophene rings is 1. The van der Waals surface area contributed by atoms with Crippen LogP contribution in [0.15, 0.2) is 11.4 Å². The zero-order valence-corrected chi connectivity index (χ0v) is 9.98. The number of carbonyl (C=O) groups excluding carboxylic acids is 1. The standard InChI is InChI=1S/C10H16N2O2S/c1-7-4-9(15-6-7)12-10(13)11-5-8(2)14-3/h4,6,8H,5H2,1-3H3,(H2,11,12,13). The zero-order valence-electron chi connectivity index (χ0n) is 9.16. The van der Waals surface area contributed by atoms with Crippen LogP contribution in [0.25, 0.3) is 0 Å². The number of carbonyl (C=O) groups is 1. The zero-order chi connectivity index (χ0) is 11.3. The summed E-state index contributed by atoms with van der Waals surface area (Å²) in [5.41, 5.74) is 1.15. The van der Waals surface area contributed by atoms with Gasteiger partial charge >= 0.3 is 6.03 Å².